The highest BCUT2D eigenvalue weighted by Gasteiger charge is 2.13. The first-order valence-corrected chi connectivity index (χ1v) is 5.75. The SMILES string of the molecule is CCC(CC)C(C)NCc1nncn1C. The largest absolute Gasteiger partial charge is 0.320 e. The van der Waals surface area contributed by atoms with Gasteiger partial charge >= 0.3 is 0 Å². The van der Waals surface area contributed by atoms with Crippen molar-refractivity contribution >= 4 is 0 Å². The van der Waals surface area contributed by atoms with Gasteiger partial charge in [-0.1, -0.05) is 26.7 Å². The number of rotatable bonds is 6. The second-order valence-electron chi connectivity index (χ2n) is 4.10. The van der Waals surface area contributed by atoms with Crippen molar-refractivity contribution in [1.29, 1.82) is 0 Å². The molecule has 0 bridgehead atoms. The van der Waals surface area contributed by atoms with E-state index in [2.05, 4.69) is 36.3 Å². The molecule has 4 nitrogen and oxygen atoms in total. The first-order chi connectivity index (χ1) is 7.19. The third-order valence-corrected chi connectivity index (χ3v) is 3.14. The van der Waals surface area contributed by atoms with Gasteiger partial charge in [-0.05, 0) is 12.8 Å². The van der Waals surface area contributed by atoms with Crippen molar-refractivity contribution in [3.8, 4) is 0 Å². The third kappa shape index (κ3) is 3.30. The molecule has 0 aliphatic rings. The summed E-state index contributed by atoms with van der Waals surface area (Å²) < 4.78 is 1.95. The summed E-state index contributed by atoms with van der Waals surface area (Å²) in [5.74, 6) is 1.74. The fraction of sp³-hybridized carbons (Fsp3) is 0.818. The molecule has 15 heavy (non-hydrogen) atoms. The fourth-order valence-electron chi connectivity index (χ4n) is 1.88. The van der Waals surface area contributed by atoms with E-state index in [4.69, 9.17) is 0 Å². The van der Waals surface area contributed by atoms with Crippen LogP contribution in [0.4, 0.5) is 0 Å². The van der Waals surface area contributed by atoms with Crippen LogP contribution in [0, 0.1) is 5.92 Å². The fourth-order valence-corrected chi connectivity index (χ4v) is 1.88. The lowest BCUT2D eigenvalue weighted by Gasteiger charge is -2.22. The Labute approximate surface area is 92.1 Å². The lowest BCUT2D eigenvalue weighted by atomic mass is 9.95. The maximum absolute atomic E-state index is 4.05. The van der Waals surface area contributed by atoms with Crippen molar-refractivity contribution < 1.29 is 0 Å². The second-order valence-corrected chi connectivity index (χ2v) is 4.10. The summed E-state index contributed by atoms with van der Waals surface area (Å²) in [7, 11) is 1.97. The molecule has 0 saturated heterocycles. The quantitative estimate of drug-likeness (QED) is 0.777. The van der Waals surface area contributed by atoms with Crippen LogP contribution in [0.2, 0.25) is 0 Å². The van der Waals surface area contributed by atoms with Gasteiger partial charge in [-0.15, -0.1) is 10.2 Å². The van der Waals surface area contributed by atoms with Gasteiger partial charge in [0, 0.05) is 13.1 Å². The highest BCUT2D eigenvalue weighted by Crippen LogP contribution is 2.12. The van der Waals surface area contributed by atoms with E-state index in [0.717, 1.165) is 18.3 Å². The van der Waals surface area contributed by atoms with Crippen LogP contribution in [0.15, 0.2) is 6.33 Å². The molecule has 0 spiro atoms. The summed E-state index contributed by atoms with van der Waals surface area (Å²) in [5.41, 5.74) is 0. The summed E-state index contributed by atoms with van der Waals surface area (Å²) in [6.07, 6.45) is 4.19. The minimum atomic E-state index is 0.539. The normalized spacial score (nSPS) is 13.4. The molecule has 0 radical (unpaired) electrons. The van der Waals surface area contributed by atoms with Crippen molar-refractivity contribution in [2.75, 3.05) is 0 Å². The van der Waals surface area contributed by atoms with Gasteiger partial charge in [-0.25, -0.2) is 0 Å². The highest BCUT2D eigenvalue weighted by atomic mass is 15.3. The van der Waals surface area contributed by atoms with Gasteiger partial charge in [-0.3, -0.25) is 0 Å². The van der Waals surface area contributed by atoms with Crippen LogP contribution in [0.25, 0.3) is 0 Å². The van der Waals surface area contributed by atoms with E-state index >= 15 is 0 Å². The van der Waals surface area contributed by atoms with Crippen molar-refractivity contribution in [2.45, 2.75) is 46.2 Å². The monoisotopic (exact) mass is 210 g/mol. The van der Waals surface area contributed by atoms with Crippen LogP contribution in [-0.2, 0) is 13.6 Å². The van der Waals surface area contributed by atoms with E-state index in [1.165, 1.54) is 12.8 Å². The maximum atomic E-state index is 4.05. The summed E-state index contributed by atoms with van der Waals surface area (Å²) >= 11 is 0. The molecule has 0 amide bonds. The molecule has 0 saturated carbocycles. The van der Waals surface area contributed by atoms with Crippen molar-refractivity contribution in [3.05, 3.63) is 12.2 Å². The zero-order valence-corrected chi connectivity index (χ0v) is 10.2. The molecule has 1 heterocycles. The van der Waals surface area contributed by atoms with Gasteiger partial charge in [0.05, 0.1) is 6.54 Å². The van der Waals surface area contributed by atoms with Gasteiger partial charge < -0.3 is 9.88 Å². The lowest BCUT2D eigenvalue weighted by molar-refractivity contribution is 0.349. The highest BCUT2D eigenvalue weighted by molar-refractivity contribution is 4.84. The lowest BCUT2D eigenvalue weighted by Crippen LogP contribution is -2.33. The molecule has 0 aliphatic carbocycles. The predicted octanol–water partition coefficient (Wildman–Crippen LogP) is 1.73. The molecule has 86 valence electrons. The Morgan fingerprint density at radius 1 is 1.40 bits per heavy atom. The minimum absolute atomic E-state index is 0.539. The maximum Gasteiger partial charge on any atom is 0.146 e. The Balaban J connectivity index is 2.40. The zero-order chi connectivity index (χ0) is 11.3. The van der Waals surface area contributed by atoms with Crippen LogP contribution in [0.1, 0.15) is 39.4 Å². The number of nitrogens with zero attached hydrogens (tertiary/aromatic N) is 3. The van der Waals surface area contributed by atoms with Crippen molar-refractivity contribution in [3.63, 3.8) is 0 Å². The zero-order valence-electron chi connectivity index (χ0n) is 10.2. The third-order valence-electron chi connectivity index (χ3n) is 3.14. The number of nitrogens with one attached hydrogen (secondary N) is 1. The molecule has 1 N–H and O–H groups in total. The molecule has 1 unspecified atom stereocenters. The molecular weight excluding hydrogens is 188 g/mol. The van der Waals surface area contributed by atoms with Crippen LogP contribution >= 0.6 is 0 Å². The number of hydrogen-bond donors (Lipinski definition) is 1. The van der Waals surface area contributed by atoms with Gasteiger partial charge in [0.15, 0.2) is 0 Å². The van der Waals surface area contributed by atoms with Crippen LogP contribution in [-0.4, -0.2) is 20.8 Å². The molecule has 1 aromatic rings. The van der Waals surface area contributed by atoms with Crippen LogP contribution < -0.4 is 5.32 Å². The summed E-state index contributed by atoms with van der Waals surface area (Å²) in [6.45, 7) is 7.53. The summed E-state index contributed by atoms with van der Waals surface area (Å²) in [4.78, 5) is 0. The molecule has 4 heteroatoms. The topological polar surface area (TPSA) is 42.7 Å². The molecule has 0 aromatic carbocycles. The Bertz CT molecular complexity index is 278. The van der Waals surface area contributed by atoms with E-state index in [9.17, 15) is 0 Å². The average Bonchev–Trinajstić information content (AvgIpc) is 2.63. The first-order valence-electron chi connectivity index (χ1n) is 5.75. The molecule has 1 rings (SSSR count). The van der Waals surface area contributed by atoms with E-state index in [-0.39, 0.29) is 0 Å². The number of aryl methyl sites for hydroxylation is 1. The minimum Gasteiger partial charge on any atom is -0.320 e. The van der Waals surface area contributed by atoms with E-state index in [0.29, 0.717) is 6.04 Å². The molecule has 1 atom stereocenters. The summed E-state index contributed by atoms with van der Waals surface area (Å²) in [6, 6.07) is 0.539. The van der Waals surface area contributed by atoms with Crippen molar-refractivity contribution in [1.82, 2.24) is 20.1 Å². The summed E-state index contributed by atoms with van der Waals surface area (Å²) in [5, 5.41) is 11.4. The number of aromatic nitrogens is 3. The molecular formula is C11H22N4. The molecule has 0 aliphatic heterocycles. The van der Waals surface area contributed by atoms with Gasteiger partial charge in [0.2, 0.25) is 0 Å². The van der Waals surface area contributed by atoms with E-state index in [1.807, 2.05) is 11.6 Å². The van der Waals surface area contributed by atoms with E-state index < -0.39 is 0 Å². The van der Waals surface area contributed by atoms with Crippen LogP contribution in [0.3, 0.4) is 0 Å². The Hall–Kier alpha value is -0.900. The smallest absolute Gasteiger partial charge is 0.146 e. The Morgan fingerprint density at radius 2 is 2.07 bits per heavy atom. The van der Waals surface area contributed by atoms with E-state index in [1.54, 1.807) is 6.33 Å². The first kappa shape index (κ1) is 12.2. The second kappa shape index (κ2) is 5.85. The molecule has 1 aromatic heterocycles. The molecule has 0 fully saturated rings. The predicted molar refractivity (Wildman–Crippen MR) is 61.4 cm³/mol. The van der Waals surface area contributed by atoms with Crippen LogP contribution in [0.5, 0.6) is 0 Å². The van der Waals surface area contributed by atoms with Gasteiger partial charge in [-0.2, -0.15) is 0 Å². The average molecular weight is 210 g/mol. The van der Waals surface area contributed by atoms with Gasteiger partial charge in [0.25, 0.3) is 0 Å². The standard InChI is InChI=1S/C11H22N4/c1-5-10(6-2)9(3)12-7-11-14-13-8-15(11)4/h8-10,12H,5-7H2,1-4H3. The van der Waals surface area contributed by atoms with Crippen molar-refractivity contribution in [2.24, 2.45) is 13.0 Å². The Kier molecular flexibility index (Phi) is 4.75. The Morgan fingerprint density at radius 3 is 2.53 bits per heavy atom. The van der Waals surface area contributed by atoms with Gasteiger partial charge in [0.1, 0.15) is 12.2 Å². The number of hydrogen-bond acceptors (Lipinski definition) is 3.